The molecule has 0 atom stereocenters. The van der Waals surface area contributed by atoms with Crippen LogP contribution in [0.1, 0.15) is 56.1 Å². The van der Waals surface area contributed by atoms with E-state index in [1.54, 1.807) is 48.5 Å². The van der Waals surface area contributed by atoms with Crippen molar-refractivity contribution in [3.8, 4) is 5.75 Å². The van der Waals surface area contributed by atoms with Gasteiger partial charge in [0.05, 0.1) is 12.5 Å². The minimum absolute atomic E-state index is 0.0253. The average molecular weight is 477 g/mol. The number of carbonyl (C=O) groups is 2. The summed E-state index contributed by atoms with van der Waals surface area (Å²) in [6.07, 6.45) is 12.9. The van der Waals surface area contributed by atoms with Crippen molar-refractivity contribution < 1.29 is 19.1 Å². The Labute approximate surface area is 208 Å². The molecule has 186 valence electrons. The number of nitrogen functional groups attached to an aromatic ring is 2. The summed E-state index contributed by atoms with van der Waals surface area (Å²) in [5.74, 6) is 0.613. The number of hydrogen-bond donors (Lipinski definition) is 2. The van der Waals surface area contributed by atoms with Crippen LogP contribution in [-0.2, 0) is 20.7 Å². The molecule has 0 heterocycles. The molecule has 6 nitrogen and oxygen atoms in total. The van der Waals surface area contributed by atoms with Gasteiger partial charge in [0.1, 0.15) is 5.75 Å². The van der Waals surface area contributed by atoms with Gasteiger partial charge >= 0.3 is 11.9 Å². The van der Waals surface area contributed by atoms with Crippen LogP contribution in [0.4, 0.5) is 11.4 Å². The van der Waals surface area contributed by atoms with E-state index in [1.807, 2.05) is 6.08 Å². The van der Waals surface area contributed by atoms with Gasteiger partial charge in [0.15, 0.2) is 0 Å². The standard InChI is InChI=1S/C29H36N2O4/c1-2-3-4-5-21-6-11-23(12-7-21)29(33)35-26-14-8-22(9-15-26)10-17-28(32)34-19-18-24-20-25(30)13-16-27(24)31/h2,8-10,13-17,20-21,23H,1,3-7,11-12,18-19,30-31H2/b17-10+. The molecule has 0 bridgehead atoms. The highest BCUT2D eigenvalue weighted by Gasteiger charge is 2.27. The van der Waals surface area contributed by atoms with Crippen molar-refractivity contribution in [1.82, 2.24) is 0 Å². The van der Waals surface area contributed by atoms with Crippen molar-refractivity contribution in [3.63, 3.8) is 0 Å². The van der Waals surface area contributed by atoms with Gasteiger partial charge in [0.25, 0.3) is 0 Å². The lowest BCUT2D eigenvalue weighted by atomic mass is 9.80. The summed E-state index contributed by atoms with van der Waals surface area (Å²) >= 11 is 0. The molecule has 3 rings (SSSR count). The van der Waals surface area contributed by atoms with Crippen LogP contribution < -0.4 is 16.2 Å². The van der Waals surface area contributed by atoms with Crippen LogP contribution in [0.3, 0.4) is 0 Å². The van der Waals surface area contributed by atoms with Gasteiger partial charge in [-0.15, -0.1) is 6.58 Å². The van der Waals surface area contributed by atoms with Gasteiger partial charge in [-0.3, -0.25) is 4.79 Å². The molecule has 0 aromatic heterocycles. The minimum Gasteiger partial charge on any atom is -0.462 e. The Morgan fingerprint density at radius 3 is 2.49 bits per heavy atom. The third-order valence-corrected chi connectivity index (χ3v) is 6.49. The number of ether oxygens (including phenoxy) is 2. The van der Waals surface area contributed by atoms with Crippen molar-refractivity contribution in [1.29, 1.82) is 0 Å². The molecule has 1 saturated carbocycles. The molecule has 0 amide bonds. The van der Waals surface area contributed by atoms with Crippen LogP contribution >= 0.6 is 0 Å². The maximum absolute atomic E-state index is 12.6. The number of anilines is 2. The maximum Gasteiger partial charge on any atom is 0.330 e. The second-order valence-electron chi connectivity index (χ2n) is 9.14. The lowest BCUT2D eigenvalue weighted by Gasteiger charge is -2.27. The molecule has 0 saturated heterocycles. The Kier molecular flexibility index (Phi) is 9.96. The Hall–Kier alpha value is -3.54. The summed E-state index contributed by atoms with van der Waals surface area (Å²) in [4.78, 5) is 24.6. The first-order valence-corrected chi connectivity index (χ1v) is 12.4. The van der Waals surface area contributed by atoms with Crippen LogP contribution in [0, 0.1) is 11.8 Å². The predicted octanol–water partition coefficient (Wildman–Crippen LogP) is 5.72. The summed E-state index contributed by atoms with van der Waals surface area (Å²) in [6.45, 7) is 3.99. The van der Waals surface area contributed by atoms with E-state index in [9.17, 15) is 9.59 Å². The molecule has 1 aliphatic carbocycles. The number of hydrogen-bond acceptors (Lipinski definition) is 6. The summed E-state index contributed by atoms with van der Waals surface area (Å²) in [5.41, 5.74) is 14.6. The van der Waals surface area contributed by atoms with Gasteiger partial charge < -0.3 is 20.9 Å². The zero-order chi connectivity index (χ0) is 25.0. The van der Waals surface area contributed by atoms with Crippen LogP contribution in [0.5, 0.6) is 5.75 Å². The van der Waals surface area contributed by atoms with Crippen molar-refractivity contribution in [2.45, 2.75) is 51.4 Å². The SMILES string of the molecule is C=CCCCC1CCC(C(=O)Oc2ccc(/C=C/C(=O)OCCc3cc(N)ccc3N)cc2)CC1. The van der Waals surface area contributed by atoms with E-state index in [4.69, 9.17) is 20.9 Å². The molecule has 1 fully saturated rings. The number of esters is 2. The van der Waals surface area contributed by atoms with E-state index >= 15 is 0 Å². The molecule has 0 radical (unpaired) electrons. The van der Waals surface area contributed by atoms with Crippen molar-refractivity contribution in [2.75, 3.05) is 18.1 Å². The quantitative estimate of drug-likeness (QED) is 0.107. The Balaban J connectivity index is 1.39. The number of nitrogens with two attached hydrogens (primary N) is 2. The first-order chi connectivity index (χ1) is 16.9. The third-order valence-electron chi connectivity index (χ3n) is 6.49. The minimum atomic E-state index is -0.442. The highest BCUT2D eigenvalue weighted by Crippen LogP contribution is 2.33. The van der Waals surface area contributed by atoms with E-state index in [-0.39, 0.29) is 18.5 Å². The third kappa shape index (κ3) is 8.63. The number of carbonyl (C=O) groups excluding carboxylic acids is 2. The lowest BCUT2D eigenvalue weighted by molar-refractivity contribution is -0.140. The fourth-order valence-electron chi connectivity index (χ4n) is 4.40. The Morgan fingerprint density at radius 1 is 1.03 bits per heavy atom. The van der Waals surface area contributed by atoms with E-state index < -0.39 is 5.97 Å². The molecule has 1 aliphatic rings. The molecule has 35 heavy (non-hydrogen) atoms. The van der Waals surface area contributed by atoms with Crippen LogP contribution in [0.2, 0.25) is 0 Å². The Morgan fingerprint density at radius 2 is 1.77 bits per heavy atom. The lowest BCUT2D eigenvalue weighted by Crippen LogP contribution is -2.25. The normalized spacial score (nSPS) is 17.7. The Bertz CT molecular complexity index is 1020. The monoisotopic (exact) mass is 476 g/mol. The summed E-state index contributed by atoms with van der Waals surface area (Å²) in [6, 6.07) is 12.3. The highest BCUT2D eigenvalue weighted by molar-refractivity contribution is 5.87. The van der Waals surface area contributed by atoms with Gasteiger partial charge in [0, 0.05) is 23.9 Å². The zero-order valence-corrected chi connectivity index (χ0v) is 20.3. The first-order valence-electron chi connectivity index (χ1n) is 12.4. The van der Waals surface area contributed by atoms with Crippen LogP contribution in [0.25, 0.3) is 6.08 Å². The number of benzene rings is 2. The molecule has 6 heteroatoms. The molecule has 4 N–H and O–H groups in total. The number of unbranched alkanes of at least 4 members (excludes halogenated alkanes) is 1. The fourth-order valence-corrected chi connectivity index (χ4v) is 4.40. The van der Waals surface area contributed by atoms with Gasteiger partial charge in [0.2, 0.25) is 0 Å². The second kappa shape index (κ2) is 13.4. The molecule has 2 aromatic carbocycles. The van der Waals surface area contributed by atoms with Gasteiger partial charge in [-0.05, 0) is 92.0 Å². The second-order valence-corrected chi connectivity index (χ2v) is 9.14. The van der Waals surface area contributed by atoms with E-state index in [1.165, 1.54) is 18.9 Å². The van der Waals surface area contributed by atoms with Gasteiger partial charge in [-0.1, -0.05) is 24.6 Å². The van der Waals surface area contributed by atoms with Gasteiger partial charge in [-0.2, -0.15) is 0 Å². The molecule has 0 spiro atoms. The smallest absolute Gasteiger partial charge is 0.330 e. The molecular weight excluding hydrogens is 440 g/mol. The van der Waals surface area contributed by atoms with Crippen LogP contribution in [-0.4, -0.2) is 18.5 Å². The zero-order valence-electron chi connectivity index (χ0n) is 20.3. The van der Waals surface area contributed by atoms with E-state index in [0.29, 0.717) is 29.5 Å². The largest absolute Gasteiger partial charge is 0.462 e. The van der Waals surface area contributed by atoms with E-state index in [2.05, 4.69) is 6.58 Å². The summed E-state index contributed by atoms with van der Waals surface area (Å²) in [7, 11) is 0. The maximum atomic E-state index is 12.6. The summed E-state index contributed by atoms with van der Waals surface area (Å²) < 4.78 is 10.8. The van der Waals surface area contributed by atoms with Crippen LogP contribution in [0.15, 0.2) is 61.2 Å². The first kappa shape index (κ1) is 26.1. The topological polar surface area (TPSA) is 105 Å². The molecule has 0 unspecified atom stereocenters. The molecule has 2 aromatic rings. The molecular formula is C29H36N2O4. The highest BCUT2D eigenvalue weighted by atomic mass is 16.5. The summed E-state index contributed by atoms with van der Waals surface area (Å²) in [5, 5.41) is 0. The predicted molar refractivity (Wildman–Crippen MR) is 141 cm³/mol. The fraction of sp³-hybridized carbons (Fsp3) is 0.379. The van der Waals surface area contributed by atoms with E-state index in [0.717, 1.165) is 43.2 Å². The van der Waals surface area contributed by atoms with Gasteiger partial charge in [-0.25, -0.2) is 4.79 Å². The van der Waals surface area contributed by atoms with Crippen molar-refractivity contribution in [2.24, 2.45) is 11.8 Å². The average Bonchev–Trinajstić information content (AvgIpc) is 2.86. The van der Waals surface area contributed by atoms with Crippen molar-refractivity contribution >= 4 is 29.4 Å². The number of rotatable bonds is 11. The number of allylic oxidation sites excluding steroid dienone is 1. The van der Waals surface area contributed by atoms with Crippen molar-refractivity contribution in [3.05, 3.63) is 72.3 Å². The molecule has 0 aliphatic heterocycles.